The van der Waals surface area contributed by atoms with Crippen LogP contribution in [0.15, 0.2) is 30.3 Å². The van der Waals surface area contributed by atoms with Gasteiger partial charge in [0, 0.05) is 31.1 Å². The topological polar surface area (TPSA) is 26.7 Å². The van der Waals surface area contributed by atoms with Gasteiger partial charge in [0.15, 0.2) is 0 Å². The monoisotopic (exact) mass is 344 g/mol. The molecule has 0 bridgehead atoms. The smallest absolute Gasteiger partial charge is 0.0709 e. The fraction of sp³-hybridized carbons (Fsp3) is 0.727. The molecule has 1 aromatic rings. The lowest BCUT2D eigenvalue weighted by molar-refractivity contribution is -0.111. The fourth-order valence-electron chi connectivity index (χ4n) is 5.26. The second kappa shape index (κ2) is 7.77. The lowest BCUT2D eigenvalue weighted by atomic mass is 9.71. The van der Waals surface area contributed by atoms with Crippen LogP contribution in [0.3, 0.4) is 0 Å². The Hall–Kier alpha value is -0.900. The van der Waals surface area contributed by atoms with Gasteiger partial charge in [0.05, 0.1) is 5.60 Å². The molecule has 3 nitrogen and oxygen atoms in total. The first-order chi connectivity index (χ1) is 12.0. The van der Waals surface area contributed by atoms with Crippen LogP contribution in [-0.4, -0.2) is 54.2 Å². The van der Waals surface area contributed by atoms with E-state index in [0.29, 0.717) is 5.92 Å². The number of piperidine rings is 1. The largest absolute Gasteiger partial charge is 0.389 e. The van der Waals surface area contributed by atoms with E-state index in [1.807, 2.05) is 0 Å². The quantitative estimate of drug-likeness (QED) is 0.878. The van der Waals surface area contributed by atoms with E-state index in [1.165, 1.54) is 37.7 Å². The van der Waals surface area contributed by atoms with Crippen LogP contribution in [0, 0.1) is 5.92 Å². The van der Waals surface area contributed by atoms with Crippen molar-refractivity contribution in [2.24, 2.45) is 5.92 Å². The van der Waals surface area contributed by atoms with Gasteiger partial charge >= 0.3 is 0 Å². The Morgan fingerprint density at radius 2 is 1.76 bits per heavy atom. The predicted octanol–water partition coefficient (Wildman–Crippen LogP) is 3.87. The summed E-state index contributed by atoms with van der Waals surface area (Å²) >= 11 is 0. The molecule has 2 atom stereocenters. The van der Waals surface area contributed by atoms with E-state index < -0.39 is 5.60 Å². The molecular formula is C22H36N2O. The van der Waals surface area contributed by atoms with E-state index in [-0.39, 0.29) is 5.54 Å². The molecule has 1 heterocycles. The summed E-state index contributed by atoms with van der Waals surface area (Å²) in [6.45, 7) is 5.14. The van der Waals surface area contributed by atoms with E-state index >= 15 is 0 Å². The molecule has 1 aliphatic carbocycles. The lowest BCUT2D eigenvalue weighted by Gasteiger charge is -2.54. The zero-order chi connectivity index (χ0) is 17.9. The third-order valence-electron chi connectivity index (χ3n) is 6.81. The summed E-state index contributed by atoms with van der Waals surface area (Å²) in [5, 5.41) is 11.2. The summed E-state index contributed by atoms with van der Waals surface area (Å²) in [6.07, 6.45) is 8.28. The Morgan fingerprint density at radius 3 is 2.36 bits per heavy atom. The second-order valence-corrected chi connectivity index (χ2v) is 8.57. The molecule has 2 aliphatic rings. The molecule has 0 radical (unpaired) electrons. The van der Waals surface area contributed by atoms with Gasteiger partial charge in [-0.25, -0.2) is 0 Å². The minimum absolute atomic E-state index is 0.180. The first kappa shape index (κ1) is 18.9. The lowest BCUT2D eigenvalue weighted by Crippen LogP contribution is -2.60. The predicted molar refractivity (Wildman–Crippen MR) is 105 cm³/mol. The van der Waals surface area contributed by atoms with Crippen LogP contribution >= 0.6 is 0 Å². The standard InChI is InChI=1S/C22H36N2O/c1-4-22(25)15-16-24(18-20(22)17-23(2)3)21(13-9-6-10-14-21)19-11-7-5-8-12-19/h5,7-8,11-12,20,25H,4,6,9-10,13-18H2,1-3H3. The maximum Gasteiger partial charge on any atom is 0.0709 e. The summed E-state index contributed by atoms with van der Waals surface area (Å²) in [6, 6.07) is 11.2. The van der Waals surface area contributed by atoms with E-state index in [2.05, 4.69) is 61.2 Å². The Kier molecular flexibility index (Phi) is 5.87. The first-order valence-electron chi connectivity index (χ1n) is 10.2. The van der Waals surface area contributed by atoms with Crippen molar-refractivity contribution in [1.82, 2.24) is 9.80 Å². The van der Waals surface area contributed by atoms with E-state index in [4.69, 9.17) is 0 Å². The number of benzene rings is 1. The van der Waals surface area contributed by atoms with Gasteiger partial charge in [0.1, 0.15) is 0 Å². The van der Waals surface area contributed by atoms with Crippen LogP contribution in [-0.2, 0) is 5.54 Å². The van der Waals surface area contributed by atoms with Crippen molar-refractivity contribution in [3.63, 3.8) is 0 Å². The molecule has 1 aromatic carbocycles. The Morgan fingerprint density at radius 1 is 1.08 bits per heavy atom. The SMILES string of the molecule is CCC1(O)CCN(C2(c3ccccc3)CCCCC2)CC1CN(C)C. The molecule has 1 saturated carbocycles. The zero-order valence-electron chi connectivity index (χ0n) is 16.4. The van der Waals surface area contributed by atoms with Crippen LogP contribution < -0.4 is 0 Å². The van der Waals surface area contributed by atoms with Gasteiger partial charge in [-0.05, 0) is 45.3 Å². The Bertz CT molecular complexity index is 538. The molecule has 3 heteroatoms. The average Bonchev–Trinajstić information content (AvgIpc) is 2.64. The number of likely N-dealkylation sites (tertiary alicyclic amines) is 1. The van der Waals surface area contributed by atoms with Gasteiger partial charge in [0.2, 0.25) is 0 Å². The molecule has 1 saturated heterocycles. The highest BCUT2D eigenvalue weighted by molar-refractivity contribution is 5.26. The number of nitrogens with zero attached hydrogens (tertiary/aromatic N) is 2. The van der Waals surface area contributed by atoms with Crippen molar-refractivity contribution in [3.05, 3.63) is 35.9 Å². The second-order valence-electron chi connectivity index (χ2n) is 8.57. The fourth-order valence-corrected chi connectivity index (χ4v) is 5.26. The molecule has 0 aromatic heterocycles. The highest BCUT2D eigenvalue weighted by Gasteiger charge is 2.47. The van der Waals surface area contributed by atoms with Crippen molar-refractivity contribution >= 4 is 0 Å². The molecule has 1 N–H and O–H groups in total. The Balaban J connectivity index is 1.89. The van der Waals surface area contributed by atoms with Crippen LogP contribution in [0.5, 0.6) is 0 Å². The van der Waals surface area contributed by atoms with Crippen molar-refractivity contribution in [1.29, 1.82) is 0 Å². The zero-order valence-corrected chi connectivity index (χ0v) is 16.4. The number of rotatable bonds is 5. The summed E-state index contributed by atoms with van der Waals surface area (Å²) in [5.41, 5.74) is 1.16. The van der Waals surface area contributed by atoms with Gasteiger partial charge < -0.3 is 10.0 Å². The molecule has 25 heavy (non-hydrogen) atoms. The number of aliphatic hydroxyl groups is 1. The van der Waals surface area contributed by atoms with Crippen LogP contribution in [0.1, 0.15) is 57.4 Å². The molecule has 3 rings (SSSR count). The van der Waals surface area contributed by atoms with Crippen molar-refractivity contribution in [2.75, 3.05) is 33.7 Å². The molecule has 0 amide bonds. The van der Waals surface area contributed by atoms with E-state index in [9.17, 15) is 5.11 Å². The Labute approximate surface area is 154 Å². The first-order valence-corrected chi connectivity index (χ1v) is 10.2. The van der Waals surface area contributed by atoms with E-state index in [0.717, 1.165) is 32.5 Å². The molecular weight excluding hydrogens is 308 g/mol. The van der Waals surface area contributed by atoms with Crippen LogP contribution in [0.2, 0.25) is 0 Å². The van der Waals surface area contributed by atoms with Gasteiger partial charge in [0.25, 0.3) is 0 Å². The third kappa shape index (κ3) is 3.79. The van der Waals surface area contributed by atoms with Crippen molar-refractivity contribution in [3.8, 4) is 0 Å². The van der Waals surface area contributed by atoms with Crippen LogP contribution in [0.4, 0.5) is 0 Å². The summed E-state index contributed by atoms with van der Waals surface area (Å²) in [7, 11) is 4.26. The minimum atomic E-state index is -0.507. The van der Waals surface area contributed by atoms with E-state index in [1.54, 1.807) is 0 Å². The number of hydrogen-bond acceptors (Lipinski definition) is 3. The van der Waals surface area contributed by atoms with Crippen LogP contribution in [0.25, 0.3) is 0 Å². The van der Waals surface area contributed by atoms with Crippen molar-refractivity contribution in [2.45, 2.75) is 63.0 Å². The molecule has 0 spiro atoms. The average molecular weight is 345 g/mol. The molecule has 2 unspecified atom stereocenters. The minimum Gasteiger partial charge on any atom is -0.389 e. The summed E-state index contributed by atoms with van der Waals surface area (Å²) in [4.78, 5) is 4.98. The normalized spacial score (nSPS) is 30.5. The maximum atomic E-state index is 11.2. The van der Waals surface area contributed by atoms with Gasteiger partial charge in [-0.1, -0.05) is 56.5 Å². The molecule has 2 fully saturated rings. The third-order valence-corrected chi connectivity index (χ3v) is 6.81. The maximum absolute atomic E-state index is 11.2. The highest BCUT2D eigenvalue weighted by atomic mass is 16.3. The molecule has 140 valence electrons. The van der Waals surface area contributed by atoms with Gasteiger partial charge in [-0.15, -0.1) is 0 Å². The van der Waals surface area contributed by atoms with Gasteiger partial charge in [-0.3, -0.25) is 4.90 Å². The summed E-state index contributed by atoms with van der Waals surface area (Å²) in [5.74, 6) is 0.323. The molecule has 1 aliphatic heterocycles. The highest BCUT2D eigenvalue weighted by Crippen LogP contribution is 2.45. The van der Waals surface area contributed by atoms with Gasteiger partial charge in [-0.2, -0.15) is 0 Å². The summed E-state index contributed by atoms with van der Waals surface area (Å²) < 4.78 is 0. The van der Waals surface area contributed by atoms with Crippen molar-refractivity contribution < 1.29 is 5.11 Å². The number of hydrogen-bond donors (Lipinski definition) is 1.